The minimum atomic E-state index is -1.06. The number of carboxylic acids is 1. The molecule has 4 N–H and O–H groups in total. The normalized spacial score (nSPS) is 15.1. The molecule has 14 heavy (non-hydrogen) atoms. The Labute approximate surface area is 82.3 Å². The van der Waals surface area contributed by atoms with E-state index in [-0.39, 0.29) is 13.1 Å². The molecule has 1 amide bonds. The van der Waals surface area contributed by atoms with Crippen molar-refractivity contribution in [1.29, 1.82) is 0 Å². The van der Waals surface area contributed by atoms with Gasteiger partial charge in [-0.05, 0) is 13.8 Å². The molecule has 0 radical (unpaired) electrons. The molecular weight excluding hydrogens is 188 g/mol. The third kappa shape index (κ3) is 4.78. The second-order valence-corrected chi connectivity index (χ2v) is 3.25. The molecule has 0 saturated heterocycles. The molecule has 2 atom stereocenters. The Morgan fingerprint density at radius 2 is 1.86 bits per heavy atom. The number of carbonyl (C=O) groups excluding carboxylic acids is 1. The predicted octanol–water partition coefficient (Wildman–Crippen LogP) is -1.37. The number of hydrogen-bond donors (Lipinski definition) is 3. The van der Waals surface area contributed by atoms with Gasteiger partial charge in [-0.3, -0.25) is 14.5 Å². The summed E-state index contributed by atoms with van der Waals surface area (Å²) in [7, 11) is 0. The fraction of sp³-hybridized carbons (Fsp3) is 0.750. The molecule has 6 heteroatoms. The van der Waals surface area contributed by atoms with Gasteiger partial charge >= 0.3 is 5.97 Å². The Kier molecular flexibility index (Phi) is 5.11. The van der Waals surface area contributed by atoms with Gasteiger partial charge in [-0.25, -0.2) is 0 Å². The third-order valence-electron chi connectivity index (χ3n) is 1.97. The van der Waals surface area contributed by atoms with Crippen molar-refractivity contribution in [3.8, 4) is 0 Å². The standard InChI is InChI=1S/C8H16N2O4/c1-5(6(2)11)10(3-7(9)12)4-8(13)14/h5-6,11H,3-4H2,1-2H3,(H2,9,12)(H,13,14). The first-order valence-corrected chi connectivity index (χ1v) is 4.26. The van der Waals surface area contributed by atoms with Crippen LogP contribution in [0.4, 0.5) is 0 Å². The van der Waals surface area contributed by atoms with E-state index in [1.807, 2.05) is 0 Å². The first-order chi connectivity index (χ1) is 6.34. The first-order valence-electron chi connectivity index (χ1n) is 4.26. The molecule has 0 aromatic rings. The van der Waals surface area contributed by atoms with Crippen molar-refractivity contribution in [3.05, 3.63) is 0 Å². The molecule has 0 fully saturated rings. The zero-order chi connectivity index (χ0) is 11.3. The minimum absolute atomic E-state index is 0.168. The van der Waals surface area contributed by atoms with Crippen LogP contribution in [0.1, 0.15) is 13.8 Å². The van der Waals surface area contributed by atoms with E-state index in [1.54, 1.807) is 6.92 Å². The van der Waals surface area contributed by atoms with Crippen LogP contribution in [0.5, 0.6) is 0 Å². The zero-order valence-corrected chi connectivity index (χ0v) is 8.30. The average Bonchev–Trinajstić information content (AvgIpc) is 1.99. The van der Waals surface area contributed by atoms with Crippen molar-refractivity contribution >= 4 is 11.9 Å². The van der Waals surface area contributed by atoms with E-state index < -0.39 is 24.0 Å². The van der Waals surface area contributed by atoms with Crippen molar-refractivity contribution in [2.45, 2.75) is 26.0 Å². The number of carboxylic acid groups (broad SMARTS) is 1. The third-order valence-corrected chi connectivity index (χ3v) is 1.97. The summed E-state index contributed by atoms with van der Waals surface area (Å²) in [5.41, 5.74) is 4.95. The van der Waals surface area contributed by atoms with Gasteiger partial charge in [0.05, 0.1) is 19.2 Å². The van der Waals surface area contributed by atoms with Crippen LogP contribution in [0.2, 0.25) is 0 Å². The number of aliphatic carboxylic acids is 1. The van der Waals surface area contributed by atoms with Gasteiger partial charge in [-0.15, -0.1) is 0 Å². The topological polar surface area (TPSA) is 104 Å². The first kappa shape index (κ1) is 12.9. The summed E-state index contributed by atoms with van der Waals surface area (Å²) >= 11 is 0. The largest absolute Gasteiger partial charge is 0.480 e. The summed E-state index contributed by atoms with van der Waals surface area (Å²) < 4.78 is 0. The molecule has 82 valence electrons. The number of carbonyl (C=O) groups is 2. The number of rotatable bonds is 6. The van der Waals surface area contributed by atoms with Crippen LogP contribution in [0.15, 0.2) is 0 Å². The van der Waals surface area contributed by atoms with E-state index >= 15 is 0 Å². The van der Waals surface area contributed by atoms with Crippen LogP contribution in [-0.4, -0.2) is 52.2 Å². The van der Waals surface area contributed by atoms with Gasteiger partial charge in [0.2, 0.25) is 5.91 Å². The Morgan fingerprint density at radius 1 is 1.36 bits per heavy atom. The van der Waals surface area contributed by atoms with Gasteiger partial charge < -0.3 is 15.9 Å². The fourth-order valence-corrected chi connectivity index (χ4v) is 1.02. The molecule has 0 rings (SSSR count). The fourth-order valence-electron chi connectivity index (χ4n) is 1.02. The van der Waals surface area contributed by atoms with Crippen LogP contribution in [0.25, 0.3) is 0 Å². The van der Waals surface area contributed by atoms with Crippen molar-refractivity contribution in [1.82, 2.24) is 4.90 Å². The van der Waals surface area contributed by atoms with E-state index in [9.17, 15) is 14.7 Å². The smallest absolute Gasteiger partial charge is 0.317 e. The lowest BCUT2D eigenvalue weighted by molar-refractivity contribution is -0.139. The van der Waals surface area contributed by atoms with E-state index in [4.69, 9.17) is 10.8 Å². The van der Waals surface area contributed by atoms with E-state index in [0.717, 1.165) is 0 Å². The number of hydrogen-bond acceptors (Lipinski definition) is 4. The average molecular weight is 204 g/mol. The molecule has 0 bridgehead atoms. The molecule has 0 aromatic heterocycles. The number of aliphatic hydroxyl groups excluding tert-OH is 1. The maximum absolute atomic E-state index is 10.6. The van der Waals surface area contributed by atoms with Gasteiger partial charge in [0.1, 0.15) is 0 Å². The summed E-state index contributed by atoms with van der Waals surface area (Å²) in [5, 5.41) is 17.8. The predicted molar refractivity (Wildman–Crippen MR) is 49.5 cm³/mol. The highest BCUT2D eigenvalue weighted by atomic mass is 16.4. The quantitative estimate of drug-likeness (QED) is 0.495. The monoisotopic (exact) mass is 204 g/mol. The maximum Gasteiger partial charge on any atom is 0.317 e. The molecule has 0 aliphatic carbocycles. The Balaban J connectivity index is 4.37. The summed E-state index contributed by atoms with van der Waals surface area (Å²) in [6.07, 6.45) is -0.714. The summed E-state index contributed by atoms with van der Waals surface area (Å²) in [6.45, 7) is 2.68. The molecule has 0 aliphatic rings. The van der Waals surface area contributed by atoms with Gasteiger partial charge in [-0.1, -0.05) is 0 Å². The van der Waals surface area contributed by atoms with Crippen molar-refractivity contribution in [2.24, 2.45) is 5.73 Å². The molecule has 0 saturated carbocycles. The second-order valence-electron chi connectivity index (χ2n) is 3.25. The van der Waals surface area contributed by atoms with Gasteiger partial charge in [0, 0.05) is 6.04 Å². The summed E-state index contributed by atoms with van der Waals surface area (Å²) in [4.78, 5) is 22.4. The van der Waals surface area contributed by atoms with Gasteiger partial charge in [-0.2, -0.15) is 0 Å². The number of nitrogens with zero attached hydrogens (tertiary/aromatic N) is 1. The molecule has 6 nitrogen and oxygen atoms in total. The van der Waals surface area contributed by atoms with Crippen molar-refractivity contribution < 1.29 is 19.8 Å². The molecule has 0 spiro atoms. The van der Waals surface area contributed by atoms with E-state index in [2.05, 4.69) is 0 Å². The van der Waals surface area contributed by atoms with Gasteiger partial charge in [0.25, 0.3) is 0 Å². The molecule has 2 unspecified atom stereocenters. The highest BCUT2D eigenvalue weighted by Crippen LogP contribution is 2.03. The van der Waals surface area contributed by atoms with Crippen LogP contribution in [0, 0.1) is 0 Å². The maximum atomic E-state index is 10.6. The zero-order valence-electron chi connectivity index (χ0n) is 8.30. The molecular formula is C8H16N2O4. The summed E-state index contributed by atoms with van der Waals surface area (Å²) in [5.74, 6) is -1.67. The molecule has 0 aliphatic heterocycles. The van der Waals surface area contributed by atoms with E-state index in [0.29, 0.717) is 0 Å². The van der Waals surface area contributed by atoms with Crippen molar-refractivity contribution in [3.63, 3.8) is 0 Å². The van der Waals surface area contributed by atoms with E-state index in [1.165, 1.54) is 11.8 Å². The summed E-state index contributed by atoms with van der Waals surface area (Å²) in [6, 6.07) is -0.418. The van der Waals surface area contributed by atoms with Crippen LogP contribution < -0.4 is 5.73 Å². The van der Waals surface area contributed by atoms with Crippen LogP contribution >= 0.6 is 0 Å². The number of aliphatic hydroxyl groups is 1. The number of amides is 1. The highest BCUT2D eigenvalue weighted by Gasteiger charge is 2.21. The minimum Gasteiger partial charge on any atom is -0.480 e. The highest BCUT2D eigenvalue weighted by molar-refractivity contribution is 5.77. The lowest BCUT2D eigenvalue weighted by Gasteiger charge is -2.28. The Hall–Kier alpha value is -1.14. The van der Waals surface area contributed by atoms with Crippen molar-refractivity contribution in [2.75, 3.05) is 13.1 Å². The van der Waals surface area contributed by atoms with Gasteiger partial charge in [0.15, 0.2) is 0 Å². The SMILES string of the molecule is CC(O)C(C)N(CC(N)=O)CC(=O)O. The molecule has 0 aromatic carbocycles. The van der Waals surface area contributed by atoms with Crippen LogP contribution in [-0.2, 0) is 9.59 Å². The Morgan fingerprint density at radius 3 is 2.14 bits per heavy atom. The number of nitrogens with two attached hydrogens (primary N) is 1. The second kappa shape index (κ2) is 5.56. The Bertz CT molecular complexity index is 201. The number of primary amides is 1. The molecule has 0 heterocycles. The van der Waals surface area contributed by atoms with Crippen LogP contribution in [0.3, 0.4) is 0 Å². The lowest BCUT2D eigenvalue weighted by Crippen LogP contribution is -2.47. The lowest BCUT2D eigenvalue weighted by atomic mass is 10.2.